The number of carbonyl (C=O) groups is 2. The topological polar surface area (TPSA) is 192 Å². The third-order valence-electron chi connectivity index (χ3n) is 19.8. The Bertz CT molecular complexity index is 2100. The monoisotopic (exact) mass is 921 g/mol. The number of ether oxygens (including phenoxy) is 1. The Hall–Kier alpha value is -1.94. The van der Waals surface area contributed by atoms with Gasteiger partial charge in [0.25, 0.3) is 0 Å². The van der Waals surface area contributed by atoms with E-state index in [1.807, 2.05) is 17.9 Å². The molecule has 0 aromatic heterocycles. The Kier molecular flexibility index (Phi) is 11.5. The molecule has 5 heterocycles. The van der Waals surface area contributed by atoms with Crippen molar-refractivity contribution in [1.82, 2.24) is 0 Å². The van der Waals surface area contributed by atoms with Crippen molar-refractivity contribution in [3.8, 4) is 5.75 Å². The maximum absolute atomic E-state index is 15.5. The van der Waals surface area contributed by atoms with Crippen LogP contribution in [0.15, 0.2) is 42.0 Å². The van der Waals surface area contributed by atoms with Crippen LogP contribution in [0.25, 0.3) is 0 Å². The number of carbonyl (C=O) groups excluding carboxylic acids is 2. The number of epoxide rings is 1. The molecule has 0 radical (unpaired) electrons. The van der Waals surface area contributed by atoms with Gasteiger partial charge in [0, 0.05) is 41.5 Å². The molecule has 4 saturated carbocycles. The first-order chi connectivity index (χ1) is 30.4. The van der Waals surface area contributed by atoms with Gasteiger partial charge in [0.15, 0.2) is 5.78 Å². The van der Waals surface area contributed by atoms with Gasteiger partial charge in [-0.15, -0.1) is 0 Å². The largest absolute Gasteiger partial charge is 0.508 e. The molecular formula is C51H71NO10S2. The van der Waals surface area contributed by atoms with Gasteiger partial charge in [0.2, 0.25) is 5.91 Å². The van der Waals surface area contributed by atoms with Gasteiger partial charge in [0.1, 0.15) is 22.9 Å². The number of allylic oxidation sites excluding steroid dienone is 2. The van der Waals surface area contributed by atoms with E-state index in [9.17, 15) is 35.7 Å². The Morgan fingerprint density at radius 1 is 0.953 bits per heavy atom. The van der Waals surface area contributed by atoms with Crippen LogP contribution in [0.1, 0.15) is 123 Å². The van der Waals surface area contributed by atoms with Gasteiger partial charge < -0.3 is 45.4 Å². The van der Waals surface area contributed by atoms with Crippen LogP contribution in [0.3, 0.4) is 0 Å². The zero-order valence-electron chi connectivity index (χ0n) is 38.0. The molecule has 1 aromatic carbocycles. The van der Waals surface area contributed by atoms with Crippen LogP contribution in [0.2, 0.25) is 0 Å². The Morgan fingerprint density at radius 2 is 1.73 bits per heavy atom. The highest BCUT2D eigenvalue weighted by atomic mass is 33.1. The molecule has 0 unspecified atom stereocenters. The number of anilines is 1. The van der Waals surface area contributed by atoms with Gasteiger partial charge in [-0.1, -0.05) is 74.3 Å². The van der Waals surface area contributed by atoms with Crippen LogP contribution in [-0.2, 0) is 20.7 Å². The third kappa shape index (κ3) is 6.32. The third-order valence-corrected chi connectivity index (χ3v) is 22.9. The second-order valence-electron chi connectivity index (χ2n) is 22.6. The number of phenols is 1. The number of ketones is 1. The summed E-state index contributed by atoms with van der Waals surface area (Å²) in [6.07, 6.45) is 10.5. The number of rotatable bonds is 6. The Morgan fingerprint density at radius 3 is 2.50 bits per heavy atom. The first kappa shape index (κ1) is 45.8. The molecule has 1 amide bonds. The molecule has 12 rings (SSSR count). The van der Waals surface area contributed by atoms with Gasteiger partial charge in [-0.25, -0.2) is 0 Å². The lowest BCUT2D eigenvalue weighted by molar-refractivity contribution is -0.206. The van der Waals surface area contributed by atoms with Crippen LogP contribution in [0, 0.1) is 57.2 Å². The normalized spacial score (nSPS) is 47.9. The van der Waals surface area contributed by atoms with Crippen LogP contribution in [0.4, 0.5) is 5.69 Å². The summed E-state index contributed by atoms with van der Waals surface area (Å²) in [4.78, 5) is 32.5. The number of phenolic OH excluding ortho intramolecular Hbond substituents is 1. The first-order valence-corrected chi connectivity index (χ1v) is 26.8. The maximum atomic E-state index is 15.5. The van der Waals surface area contributed by atoms with E-state index in [0.29, 0.717) is 81.5 Å². The lowest BCUT2D eigenvalue weighted by atomic mass is 9.39. The van der Waals surface area contributed by atoms with E-state index in [-0.39, 0.29) is 66.0 Å². The number of aromatic hydroxyl groups is 1. The minimum atomic E-state index is -1.56. The SMILES string of the molecule is CC(C)[C@@H](C)[C@@H]1O[C@H]1[C@@]1(O)CC=C[C@@H]2C[C@H]3C4=CC(=O)[C@@]5(C[C@@H](O)[C@@H](O)C[C@]35C)[C@@H](O)SS[C@@H](CCCO)[C@@H]3CCCC[C@@]35CCN(C5=O)c3cc(O)cc(c3)CC[C@]23[C@@H]1CC[C@@]43O. The highest BCUT2D eigenvalue weighted by molar-refractivity contribution is 8.77. The number of nitrogens with zero attached hydrogens (tertiary/aromatic N) is 1. The molecule has 352 valence electrons. The number of amides is 1. The van der Waals surface area contributed by atoms with Crippen molar-refractivity contribution in [1.29, 1.82) is 0 Å². The van der Waals surface area contributed by atoms with Gasteiger partial charge in [0.05, 0.1) is 34.7 Å². The highest BCUT2D eigenvalue weighted by Crippen LogP contribution is 2.76. The first-order valence-electron chi connectivity index (χ1n) is 24.6. The number of fused-ring (bicyclic) bond motifs is 1. The summed E-state index contributed by atoms with van der Waals surface area (Å²) < 4.78 is 6.48. The molecule has 11 aliphatic rings. The van der Waals surface area contributed by atoms with E-state index in [0.717, 1.165) is 31.2 Å². The average molecular weight is 922 g/mol. The lowest BCUT2D eigenvalue weighted by Crippen LogP contribution is -2.70. The van der Waals surface area contributed by atoms with Crippen molar-refractivity contribution >= 4 is 39.0 Å². The second kappa shape index (κ2) is 16.1. The fraction of sp³-hybridized carbons (Fsp3) is 0.765. The predicted molar refractivity (Wildman–Crippen MR) is 247 cm³/mol. The summed E-state index contributed by atoms with van der Waals surface area (Å²) in [5.74, 6) is -0.911. The number of aliphatic hydroxyl groups excluding tert-OH is 4. The number of benzene rings is 1. The molecule has 13 heteroatoms. The minimum Gasteiger partial charge on any atom is -0.508 e. The summed E-state index contributed by atoms with van der Waals surface area (Å²) in [6.45, 7) is 8.98. The van der Waals surface area contributed by atoms with E-state index in [1.54, 1.807) is 18.2 Å². The number of aliphatic hydroxyl groups is 6. The van der Waals surface area contributed by atoms with E-state index in [1.165, 1.54) is 21.6 Å². The molecule has 17 atom stereocenters. The molecule has 6 fully saturated rings. The molecule has 5 aliphatic heterocycles. The van der Waals surface area contributed by atoms with E-state index in [2.05, 4.69) is 32.9 Å². The molecule has 8 bridgehead atoms. The lowest BCUT2D eigenvalue weighted by Gasteiger charge is -2.67. The minimum absolute atomic E-state index is 0.0143. The van der Waals surface area contributed by atoms with Crippen LogP contribution < -0.4 is 4.90 Å². The molecule has 11 nitrogen and oxygen atoms in total. The molecule has 64 heavy (non-hydrogen) atoms. The number of hydrogen-bond acceptors (Lipinski definition) is 12. The standard InChI is InChI=1S/C51H71NO10S2/c1-28(2)29(3)42-43(62-42)50(60)15-7-9-31-23-35-36-25-41(57)49(27-38(56)37(55)26-46(35,49)4)45(59)64-63-39(11-8-20-53)34-10-5-6-14-47(34)18-19-52(44(47)58)32-21-30(22-33(54)24-32)12-16-48(31)40(50)13-17-51(36,48)61/h7,9,21-22,24-25,28-29,31,34-35,37-40,42-43,45,53-56,59-61H,5-6,8,10-20,23,26-27H2,1-4H3/t29-,31-,34+,35+,37+,38-,39+,40+,42+,43-,45+,46-,47-,48-,49+,50-,51-/m1/s1. The smallest absolute Gasteiger partial charge is 0.233 e. The van der Waals surface area contributed by atoms with Crippen molar-refractivity contribution in [2.75, 3.05) is 18.1 Å². The van der Waals surface area contributed by atoms with Crippen LogP contribution in [-0.4, -0.2) is 107 Å². The summed E-state index contributed by atoms with van der Waals surface area (Å²) >= 11 is 0. The molecule has 1 aromatic rings. The van der Waals surface area contributed by atoms with Crippen molar-refractivity contribution in [2.45, 2.75) is 170 Å². The maximum Gasteiger partial charge on any atom is 0.233 e. The Labute approximate surface area is 386 Å². The van der Waals surface area contributed by atoms with E-state index >= 15 is 9.59 Å². The van der Waals surface area contributed by atoms with Gasteiger partial charge in [-0.2, -0.15) is 0 Å². The van der Waals surface area contributed by atoms with Crippen molar-refractivity contribution in [3.63, 3.8) is 0 Å². The Balaban J connectivity index is 1.16. The zero-order chi connectivity index (χ0) is 45.4. The summed E-state index contributed by atoms with van der Waals surface area (Å²) in [5.41, 5.74) is -6.31. The predicted octanol–water partition coefficient (Wildman–Crippen LogP) is 6.62. The van der Waals surface area contributed by atoms with Crippen LogP contribution in [0.5, 0.6) is 5.75 Å². The molecular weight excluding hydrogens is 851 g/mol. The zero-order valence-corrected chi connectivity index (χ0v) is 39.7. The fourth-order valence-electron chi connectivity index (χ4n) is 16.1. The summed E-state index contributed by atoms with van der Waals surface area (Å²) in [6, 6.07) is 5.46. The van der Waals surface area contributed by atoms with E-state index in [4.69, 9.17) is 4.74 Å². The highest BCUT2D eigenvalue weighted by Gasteiger charge is 2.78. The quantitative estimate of drug-likeness (QED) is 0.0919. The van der Waals surface area contributed by atoms with Crippen LogP contribution >= 0.6 is 21.6 Å². The fourth-order valence-corrected chi connectivity index (χ4v) is 19.7. The molecule has 2 saturated heterocycles. The van der Waals surface area contributed by atoms with Gasteiger partial charge >= 0.3 is 0 Å². The van der Waals surface area contributed by atoms with Crippen molar-refractivity contribution in [3.05, 3.63) is 47.6 Å². The summed E-state index contributed by atoms with van der Waals surface area (Å²) in [7, 11) is 2.73. The van der Waals surface area contributed by atoms with Gasteiger partial charge in [-0.05, 0) is 148 Å². The average Bonchev–Trinajstić information content (AvgIpc) is 3.94. The summed E-state index contributed by atoms with van der Waals surface area (Å²) in [5, 5.41) is 84.7. The molecule has 3 spiro atoms. The van der Waals surface area contributed by atoms with Crippen molar-refractivity contribution < 1.29 is 50.1 Å². The second-order valence-corrected chi connectivity index (χ2v) is 25.1. The van der Waals surface area contributed by atoms with Gasteiger partial charge in [-0.3, -0.25) is 9.59 Å². The molecule has 7 N–H and O–H groups in total. The molecule has 6 aliphatic carbocycles. The van der Waals surface area contributed by atoms with E-state index < -0.39 is 68.4 Å². The number of hydrogen-bond donors (Lipinski definition) is 7. The van der Waals surface area contributed by atoms with Crippen molar-refractivity contribution in [2.24, 2.45) is 57.2 Å². The number of aryl methyl sites for hydroxylation is 1.